The first kappa shape index (κ1) is 20.9. The summed E-state index contributed by atoms with van der Waals surface area (Å²) in [6.45, 7) is 2.96. The minimum atomic E-state index is -0.546. The van der Waals surface area contributed by atoms with Gasteiger partial charge in [-0.15, -0.1) is 11.3 Å². The van der Waals surface area contributed by atoms with Crippen LogP contribution in [-0.2, 0) is 16.0 Å². The van der Waals surface area contributed by atoms with E-state index < -0.39 is 12.0 Å². The molecule has 7 nitrogen and oxygen atoms in total. The number of fused-ring (bicyclic) bond motifs is 2. The van der Waals surface area contributed by atoms with E-state index in [0.717, 1.165) is 44.9 Å². The van der Waals surface area contributed by atoms with Crippen LogP contribution in [-0.4, -0.2) is 54.0 Å². The number of primary amides is 1. The number of aromatic nitrogens is 1. The fourth-order valence-electron chi connectivity index (χ4n) is 4.17. The molecule has 0 radical (unpaired) electrons. The Bertz CT molecular complexity index is 1250. The van der Waals surface area contributed by atoms with Gasteiger partial charge in [0.1, 0.15) is 5.75 Å². The number of nitrogens with zero attached hydrogens (tertiary/aromatic N) is 2. The van der Waals surface area contributed by atoms with Crippen molar-refractivity contribution in [2.75, 3.05) is 26.2 Å². The predicted molar refractivity (Wildman–Crippen MR) is 126 cm³/mol. The number of halogens is 1. The van der Waals surface area contributed by atoms with Crippen molar-refractivity contribution in [3.05, 3.63) is 52.0 Å². The fourth-order valence-corrected chi connectivity index (χ4v) is 5.45. The average Bonchev–Trinajstić information content (AvgIpc) is 3.41. The highest BCUT2D eigenvalue weighted by atomic mass is 35.5. The molecule has 0 bridgehead atoms. The molecule has 2 aliphatic rings. The number of piperazine rings is 1. The monoisotopic (exact) mass is 468 g/mol. The van der Waals surface area contributed by atoms with Crippen molar-refractivity contribution in [1.82, 2.24) is 15.2 Å². The zero-order chi connectivity index (χ0) is 22.2. The summed E-state index contributed by atoms with van der Waals surface area (Å²) in [5.74, 6) is 0.203. The number of amides is 2. The van der Waals surface area contributed by atoms with Gasteiger partial charge in [0.25, 0.3) is 5.91 Å². The quantitative estimate of drug-likeness (QED) is 0.574. The number of benzene rings is 1. The summed E-state index contributed by atoms with van der Waals surface area (Å²) >= 11 is 7.97. The van der Waals surface area contributed by atoms with Crippen LogP contribution in [0.4, 0.5) is 0 Å². The number of nitrogens with two attached hydrogens (primary N) is 1. The molecule has 3 N–H and O–H groups in total. The Balaban J connectivity index is 1.52. The second kappa shape index (κ2) is 8.54. The Kier molecular flexibility index (Phi) is 5.58. The molecule has 0 spiro atoms. The van der Waals surface area contributed by atoms with Gasteiger partial charge in [-0.3, -0.25) is 14.6 Å². The summed E-state index contributed by atoms with van der Waals surface area (Å²) in [6.07, 6.45) is 4.69. The van der Waals surface area contributed by atoms with Crippen molar-refractivity contribution < 1.29 is 14.3 Å². The summed E-state index contributed by atoms with van der Waals surface area (Å²) in [7, 11) is 0. The smallest absolute Gasteiger partial charge is 0.264 e. The van der Waals surface area contributed by atoms with Crippen LogP contribution in [0, 0.1) is 0 Å². The molecule has 1 atom stereocenters. The Labute approximate surface area is 193 Å². The molecule has 0 saturated carbocycles. The molecular weight excluding hydrogens is 448 g/mol. The number of nitrogens with one attached hydrogen (secondary N) is 1. The summed E-state index contributed by atoms with van der Waals surface area (Å²) in [4.78, 5) is 31.3. The van der Waals surface area contributed by atoms with Crippen LogP contribution in [0.5, 0.6) is 5.75 Å². The molecule has 9 heteroatoms. The zero-order valence-electron chi connectivity index (χ0n) is 17.1. The van der Waals surface area contributed by atoms with Gasteiger partial charge in [-0.25, -0.2) is 0 Å². The van der Waals surface area contributed by atoms with E-state index in [2.05, 4.69) is 10.3 Å². The second-order valence-electron chi connectivity index (χ2n) is 7.78. The van der Waals surface area contributed by atoms with Crippen molar-refractivity contribution in [3.63, 3.8) is 0 Å². The fraction of sp³-hybridized carbons (Fsp3) is 0.261. The van der Waals surface area contributed by atoms with Crippen LogP contribution in [0.2, 0.25) is 5.02 Å². The maximum absolute atomic E-state index is 13.0. The number of hydrogen-bond donors (Lipinski definition) is 2. The number of ether oxygens (including phenoxy) is 1. The molecule has 1 fully saturated rings. The number of carbonyl (C=O) groups is 2. The minimum Gasteiger partial charge on any atom is -0.479 e. The first-order valence-electron chi connectivity index (χ1n) is 10.3. The van der Waals surface area contributed by atoms with Gasteiger partial charge in [0, 0.05) is 71.5 Å². The molecule has 2 aliphatic heterocycles. The molecule has 1 saturated heterocycles. The molecule has 0 aliphatic carbocycles. The summed E-state index contributed by atoms with van der Waals surface area (Å²) < 4.78 is 7.18. The molecule has 32 heavy (non-hydrogen) atoms. The number of pyridine rings is 1. The molecule has 2 aromatic heterocycles. The van der Waals surface area contributed by atoms with E-state index in [-0.39, 0.29) is 5.91 Å². The van der Waals surface area contributed by atoms with Crippen molar-refractivity contribution in [2.24, 2.45) is 5.73 Å². The van der Waals surface area contributed by atoms with Crippen LogP contribution >= 0.6 is 22.9 Å². The standard InChI is InChI=1S/C23H21ClN4O3S/c24-14-9-13-10-19(23(30)28-7-5-26-6-8-28)31-21(13)17(11-14)16-3-4-27-18-12-15(32-22(16)18)1-2-20(25)29/h1-4,9,11-12,19,26H,5-8,10H2,(H2,25,29)/b2-1+/t19-/m1/s1. The highest BCUT2D eigenvalue weighted by molar-refractivity contribution is 7.20. The van der Waals surface area contributed by atoms with E-state index in [1.807, 2.05) is 29.2 Å². The third-order valence-electron chi connectivity index (χ3n) is 5.63. The van der Waals surface area contributed by atoms with Crippen LogP contribution in [0.25, 0.3) is 27.4 Å². The van der Waals surface area contributed by atoms with E-state index in [0.29, 0.717) is 30.3 Å². The normalized spacial score (nSPS) is 18.2. The van der Waals surface area contributed by atoms with E-state index >= 15 is 0 Å². The van der Waals surface area contributed by atoms with E-state index in [1.165, 1.54) is 17.4 Å². The summed E-state index contributed by atoms with van der Waals surface area (Å²) in [5.41, 5.74) is 8.71. The van der Waals surface area contributed by atoms with Gasteiger partial charge in [-0.1, -0.05) is 11.6 Å². The van der Waals surface area contributed by atoms with Crippen molar-refractivity contribution in [2.45, 2.75) is 12.5 Å². The lowest BCUT2D eigenvalue weighted by atomic mass is 10.0. The first-order chi connectivity index (χ1) is 15.5. The number of thiophene rings is 1. The third kappa shape index (κ3) is 3.97. The molecule has 2 amide bonds. The SMILES string of the molecule is NC(=O)/C=C/c1cc2nccc(-c3cc(Cl)cc4c3O[C@@H](C(=O)N3CCNCC3)C4)c2s1. The topological polar surface area (TPSA) is 97.5 Å². The van der Waals surface area contributed by atoms with Gasteiger partial charge in [0.05, 0.1) is 10.2 Å². The molecular formula is C23H21ClN4O3S. The minimum absolute atomic E-state index is 0.0136. The van der Waals surface area contributed by atoms with Crippen molar-refractivity contribution in [1.29, 1.82) is 0 Å². The summed E-state index contributed by atoms with van der Waals surface area (Å²) in [5, 5.41) is 3.85. The highest BCUT2D eigenvalue weighted by Crippen LogP contribution is 2.44. The van der Waals surface area contributed by atoms with Gasteiger partial charge in [0.15, 0.2) is 6.10 Å². The maximum atomic E-state index is 13.0. The molecule has 5 rings (SSSR count). The van der Waals surface area contributed by atoms with Gasteiger partial charge in [0.2, 0.25) is 5.91 Å². The molecule has 3 aromatic rings. The summed E-state index contributed by atoms with van der Waals surface area (Å²) in [6, 6.07) is 7.57. The van der Waals surface area contributed by atoms with Gasteiger partial charge >= 0.3 is 0 Å². The first-order valence-corrected chi connectivity index (χ1v) is 11.5. The highest BCUT2D eigenvalue weighted by Gasteiger charge is 2.35. The van der Waals surface area contributed by atoms with Crippen molar-refractivity contribution in [3.8, 4) is 16.9 Å². The molecule has 164 valence electrons. The largest absolute Gasteiger partial charge is 0.479 e. The Morgan fingerprint density at radius 1 is 1.25 bits per heavy atom. The van der Waals surface area contributed by atoms with E-state index in [9.17, 15) is 9.59 Å². The van der Waals surface area contributed by atoms with E-state index in [1.54, 1.807) is 12.3 Å². The Morgan fingerprint density at radius 2 is 2.06 bits per heavy atom. The van der Waals surface area contributed by atoms with Crippen LogP contribution in [0.3, 0.4) is 0 Å². The second-order valence-corrected chi connectivity index (χ2v) is 9.31. The lowest BCUT2D eigenvalue weighted by Gasteiger charge is -2.29. The Hall–Kier alpha value is -2.94. The van der Waals surface area contributed by atoms with Gasteiger partial charge in [-0.2, -0.15) is 0 Å². The third-order valence-corrected chi connectivity index (χ3v) is 6.97. The van der Waals surface area contributed by atoms with Gasteiger partial charge in [-0.05, 0) is 30.3 Å². The number of rotatable bonds is 4. The van der Waals surface area contributed by atoms with Crippen LogP contribution < -0.4 is 15.8 Å². The van der Waals surface area contributed by atoms with Crippen LogP contribution in [0.1, 0.15) is 10.4 Å². The van der Waals surface area contributed by atoms with Crippen molar-refractivity contribution >= 4 is 51.0 Å². The van der Waals surface area contributed by atoms with Crippen LogP contribution in [0.15, 0.2) is 36.5 Å². The van der Waals surface area contributed by atoms with Gasteiger partial charge < -0.3 is 20.7 Å². The molecule has 4 heterocycles. The lowest BCUT2D eigenvalue weighted by Crippen LogP contribution is -2.50. The molecule has 1 aromatic carbocycles. The lowest BCUT2D eigenvalue weighted by molar-refractivity contribution is -0.138. The number of carbonyl (C=O) groups excluding carboxylic acids is 2. The maximum Gasteiger partial charge on any atom is 0.264 e. The zero-order valence-corrected chi connectivity index (χ0v) is 18.7. The van der Waals surface area contributed by atoms with E-state index in [4.69, 9.17) is 22.1 Å². The molecule has 0 unspecified atom stereocenters. The predicted octanol–water partition coefficient (Wildman–Crippen LogP) is 2.85. The Morgan fingerprint density at radius 3 is 2.84 bits per heavy atom. The average molecular weight is 469 g/mol. The number of hydrogen-bond acceptors (Lipinski definition) is 6.